The molecular formula is C14H18BrNO4. The molecule has 0 spiro atoms. The number of rotatable bonds is 3. The van der Waals surface area contributed by atoms with Crippen LogP contribution < -0.4 is 5.32 Å². The Kier molecular flexibility index (Phi) is 8.47. The molecule has 0 heterocycles. The van der Waals surface area contributed by atoms with E-state index >= 15 is 0 Å². The van der Waals surface area contributed by atoms with Crippen LogP contribution in [0.3, 0.4) is 0 Å². The fourth-order valence-electron chi connectivity index (χ4n) is 1.29. The van der Waals surface area contributed by atoms with E-state index in [2.05, 4.69) is 26.0 Å². The molecule has 0 unspecified atom stereocenters. The van der Waals surface area contributed by atoms with Crippen LogP contribution in [0.1, 0.15) is 38.1 Å². The van der Waals surface area contributed by atoms with Gasteiger partial charge in [-0.15, -0.1) is 0 Å². The first-order chi connectivity index (χ1) is 9.45. The lowest BCUT2D eigenvalue weighted by molar-refractivity contribution is -0.152. The van der Waals surface area contributed by atoms with Crippen molar-refractivity contribution in [3.8, 4) is 0 Å². The zero-order chi connectivity index (χ0) is 15.7. The van der Waals surface area contributed by atoms with Crippen LogP contribution in [0.25, 0.3) is 0 Å². The van der Waals surface area contributed by atoms with Gasteiger partial charge in [-0.05, 0) is 32.0 Å². The number of benzene rings is 1. The first-order valence-electron chi connectivity index (χ1n) is 6.24. The average Bonchev–Trinajstić information content (AvgIpc) is 2.43. The van der Waals surface area contributed by atoms with Gasteiger partial charge in [0.15, 0.2) is 5.78 Å². The summed E-state index contributed by atoms with van der Waals surface area (Å²) < 4.78 is 5.26. The highest BCUT2D eigenvalue weighted by atomic mass is 79.9. The standard InChI is InChI=1S/C12H12BrNO4.C2H6/c1-3-18-12(17)11(16)14-10-5-4-8(13)6-9(10)7(2)15;1-2/h4-6H,3H2,1-2H3,(H,14,16);1-2H3. The predicted octanol–water partition coefficient (Wildman–Crippen LogP) is 3.18. The molecule has 110 valence electrons. The maximum atomic E-state index is 11.5. The molecule has 0 aliphatic rings. The summed E-state index contributed by atoms with van der Waals surface area (Å²) in [5, 5.41) is 2.35. The van der Waals surface area contributed by atoms with Gasteiger partial charge in [0.05, 0.1) is 12.3 Å². The monoisotopic (exact) mass is 343 g/mol. The van der Waals surface area contributed by atoms with Crippen molar-refractivity contribution in [2.45, 2.75) is 27.7 Å². The van der Waals surface area contributed by atoms with Crippen LogP contribution in [0.2, 0.25) is 0 Å². The lowest BCUT2D eigenvalue weighted by Gasteiger charge is -2.08. The van der Waals surface area contributed by atoms with Gasteiger partial charge in [0.2, 0.25) is 0 Å². The Morgan fingerprint density at radius 3 is 2.35 bits per heavy atom. The molecule has 0 aliphatic carbocycles. The number of hydrogen-bond donors (Lipinski definition) is 1. The normalized spacial score (nSPS) is 9.05. The molecule has 5 nitrogen and oxygen atoms in total. The lowest BCUT2D eigenvalue weighted by Crippen LogP contribution is -2.25. The van der Waals surface area contributed by atoms with Crippen molar-refractivity contribution in [2.75, 3.05) is 11.9 Å². The number of Topliss-reactive ketones (excluding diaryl/α,β-unsaturated/α-hetero) is 1. The number of ketones is 1. The van der Waals surface area contributed by atoms with E-state index in [1.165, 1.54) is 13.0 Å². The summed E-state index contributed by atoms with van der Waals surface area (Å²) in [7, 11) is 0. The van der Waals surface area contributed by atoms with Gasteiger partial charge in [-0.1, -0.05) is 29.8 Å². The number of carbonyl (C=O) groups is 3. The number of hydrogen-bond acceptors (Lipinski definition) is 4. The summed E-state index contributed by atoms with van der Waals surface area (Å²) in [5.41, 5.74) is 0.603. The Balaban J connectivity index is 0.00000172. The number of ether oxygens (including phenoxy) is 1. The van der Waals surface area contributed by atoms with Crippen molar-refractivity contribution in [3.63, 3.8) is 0 Å². The second-order valence-electron chi connectivity index (χ2n) is 3.42. The summed E-state index contributed by atoms with van der Waals surface area (Å²) in [6, 6.07) is 4.77. The van der Waals surface area contributed by atoms with Crippen LogP contribution in [0.4, 0.5) is 5.69 Å². The molecule has 1 aromatic rings. The number of carbonyl (C=O) groups excluding carboxylic acids is 3. The Labute approximate surface area is 126 Å². The maximum Gasteiger partial charge on any atom is 0.397 e. The highest BCUT2D eigenvalue weighted by molar-refractivity contribution is 9.10. The molecule has 0 saturated heterocycles. The van der Waals surface area contributed by atoms with E-state index in [1.54, 1.807) is 19.1 Å². The van der Waals surface area contributed by atoms with Crippen molar-refractivity contribution in [1.82, 2.24) is 0 Å². The van der Waals surface area contributed by atoms with Crippen LogP contribution in [0.15, 0.2) is 22.7 Å². The first kappa shape index (κ1) is 18.3. The number of halogens is 1. The molecule has 0 bridgehead atoms. The van der Waals surface area contributed by atoms with E-state index in [-0.39, 0.29) is 18.1 Å². The molecule has 0 aliphatic heterocycles. The van der Waals surface area contributed by atoms with E-state index in [0.717, 1.165) is 0 Å². The van der Waals surface area contributed by atoms with Gasteiger partial charge >= 0.3 is 11.9 Å². The second kappa shape index (κ2) is 9.25. The molecule has 0 saturated carbocycles. The summed E-state index contributed by atoms with van der Waals surface area (Å²) in [6.07, 6.45) is 0. The topological polar surface area (TPSA) is 72.5 Å². The average molecular weight is 344 g/mol. The van der Waals surface area contributed by atoms with E-state index in [4.69, 9.17) is 0 Å². The molecular weight excluding hydrogens is 326 g/mol. The predicted molar refractivity (Wildman–Crippen MR) is 80.8 cm³/mol. The molecule has 1 N–H and O–H groups in total. The molecule has 0 fully saturated rings. The van der Waals surface area contributed by atoms with Crippen molar-refractivity contribution < 1.29 is 19.1 Å². The van der Waals surface area contributed by atoms with Crippen LogP contribution >= 0.6 is 15.9 Å². The minimum atomic E-state index is -0.977. The van der Waals surface area contributed by atoms with Gasteiger partial charge in [-0.3, -0.25) is 9.59 Å². The first-order valence-corrected chi connectivity index (χ1v) is 7.03. The Hall–Kier alpha value is -1.69. The summed E-state index contributed by atoms with van der Waals surface area (Å²) in [4.78, 5) is 34.0. The van der Waals surface area contributed by atoms with Crippen molar-refractivity contribution >= 4 is 39.3 Å². The zero-order valence-corrected chi connectivity index (χ0v) is 13.5. The maximum absolute atomic E-state index is 11.5. The van der Waals surface area contributed by atoms with Gasteiger partial charge in [0, 0.05) is 10.0 Å². The summed E-state index contributed by atoms with van der Waals surface area (Å²) in [6.45, 7) is 7.10. The van der Waals surface area contributed by atoms with Crippen molar-refractivity contribution in [1.29, 1.82) is 0 Å². The third-order valence-electron chi connectivity index (χ3n) is 2.07. The van der Waals surface area contributed by atoms with E-state index in [9.17, 15) is 14.4 Å². The van der Waals surface area contributed by atoms with Crippen molar-refractivity contribution in [2.24, 2.45) is 0 Å². The summed E-state index contributed by atoms with van der Waals surface area (Å²) >= 11 is 3.23. The highest BCUT2D eigenvalue weighted by Gasteiger charge is 2.17. The van der Waals surface area contributed by atoms with Gasteiger partial charge < -0.3 is 10.1 Å². The zero-order valence-electron chi connectivity index (χ0n) is 12.0. The third-order valence-corrected chi connectivity index (χ3v) is 2.56. The molecule has 0 aromatic heterocycles. The van der Waals surface area contributed by atoms with Gasteiger partial charge in [0.1, 0.15) is 0 Å². The Morgan fingerprint density at radius 2 is 1.85 bits per heavy atom. The quantitative estimate of drug-likeness (QED) is 0.519. The lowest BCUT2D eigenvalue weighted by atomic mass is 10.1. The smallest absolute Gasteiger partial charge is 0.397 e. The molecule has 1 aromatic carbocycles. The van der Waals surface area contributed by atoms with Crippen LogP contribution in [0.5, 0.6) is 0 Å². The SMILES string of the molecule is CC.CCOC(=O)C(=O)Nc1ccc(Br)cc1C(C)=O. The van der Waals surface area contributed by atoms with E-state index in [0.29, 0.717) is 10.0 Å². The molecule has 20 heavy (non-hydrogen) atoms. The van der Waals surface area contributed by atoms with Gasteiger partial charge in [0.25, 0.3) is 0 Å². The van der Waals surface area contributed by atoms with E-state index < -0.39 is 11.9 Å². The highest BCUT2D eigenvalue weighted by Crippen LogP contribution is 2.21. The molecule has 0 atom stereocenters. The largest absolute Gasteiger partial charge is 0.459 e. The number of amides is 1. The fourth-order valence-corrected chi connectivity index (χ4v) is 1.65. The minimum Gasteiger partial charge on any atom is -0.459 e. The molecule has 1 rings (SSSR count). The van der Waals surface area contributed by atoms with Gasteiger partial charge in [-0.2, -0.15) is 0 Å². The fraction of sp³-hybridized carbons (Fsp3) is 0.357. The van der Waals surface area contributed by atoms with Crippen molar-refractivity contribution in [3.05, 3.63) is 28.2 Å². The number of nitrogens with one attached hydrogen (secondary N) is 1. The van der Waals surface area contributed by atoms with E-state index in [1.807, 2.05) is 13.8 Å². The Morgan fingerprint density at radius 1 is 1.25 bits per heavy atom. The van der Waals surface area contributed by atoms with Crippen LogP contribution in [0, 0.1) is 0 Å². The minimum absolute atomic E-state index is 0.117. The van der Waals surface area contributed by atoms with Crippen LogP contribution in [-0.2, 0) is 14.3 Å². The molecule has 1 amide bonds. The van der Waals surface area contributed by atoms with Crippen LogP contribution in [-0.4, -0.2) is 24.3 Å². The molecule has 0 radical (unpaired) electrons. The molecule has 6 heteroatoms. The third kappa shape index (κ3) is 5.52. The summed E-state index contributed by atoms with van der Waals surface area (Å²) in [5.74, 6) is -2.09. The number of esters is 1. The van der Waals surface area contributed by atoms with Gasteiger partial charge in [-0.25, -0.2) is 4.79 Å². The number of anilines is 1. The second-order valence-corrected chi connectivity index (χ2v) is 4.34. The Bertz CT molecular complexity index is 500.